The fourth-order valence-corrected chi connectivity index (χ4v) is 3.10. The number of likely N-dealkylation sites (tertiary alicyclic amines) is 1. The van der Waals surface area contributed by atoms with Crippen molar-refractivity contribution in [3.05, 3.63) is 33.3 Å². The summed E-state index contributed by atoms with van der Waals surface area (Å²) in [7, 11) is 0. The Morgan fingerprint density at radius 3 is 2.94 bits per heavy atom. The van der Waals surface area contributed by atoms with Gasteiger partial charge >= 0.3 is 0 Å². The first-order valence-corrected chi connectivity index (χ1v) is 7.07. The summed E-state index contributed by atoms with van der Waals surface area (Å²) in [4.78, 5) is 2.38. The summed E-state index contributed by atoms with van der Waals surface area (Å²) >= 11 is 9.46. The molecule has 1 aliphatic rings. The lowest BCUT2D eigenvalue weighted by molar-refractivity contribution is 0.127. The molecule has 1 N–H and O–H groups in total. The fourth-order valence-electron chi connectivity index (χ4n) is 2.29. The molecule has 2 unspecified atom stereocenters. The van der Waals surface area contributed by atoms with Crippen LogP contribution in [-0.4, -0.2) is 29.2 Å². The van der Waals surface area contributed by atoms with Crippen LogP contribution in [0.4, 0.5) is 0 Å². The van der Waals surface area contributed by atoms with E-state index < -0.39 is 0 Å². The van der Waals surface area contributed by atoms with Crippen LogP contribution in [0.3, 0.4) is 0 Å². The van der Waals surface area contributed by atoms with Gasteiger partial charge in [0.15, 0.2) is 0 Å². The first kappa shape index (κ1) is 13.3. The number of aliphatic hydroxyl groups is 1. The zero-order valence-electron chi connectivity index (χ0n) is 9.87. The molecule has 0 aromatic heterocycles. The molecule has 1 aromatic rings. The molecule has 94 valence electrons. The van der Waals surface area contributed by atoms with Crippen LogP contribution in [0.5, 0.6) is 0 Å². The third-order valence-electron chi connectivity index (χ3n) is 3.40. The first-order valence-electron chi connectivity index (χ1n) is 5.90. The van der Waals surface area contributed by atoms with Crippen molar-refractivity contribution in [2.24, 2.45) is 5.92 Å². The van der Waals surface area contributed by atoms with Crippen LogP contribution < -0.4 is 0 Å². The summed E-state index contributed by atoms with van der Waals surface area (Å²) in [6, 6.07) is 5.91. The van der Waals surface area contributed by atoms with Gasteiger partial charge < -0.3 is 5.11 Å². The van der Waals surface area contributed by atoms with Gasteiger partial charge in [-0.05, 0) is 43.5 Å². The monoisotopic (exact) mass is 317 g/mol. The van der Waals surface area contributed by atoms with Crippen molar-refractivity contribution in [1.82, 2.24) is 4.90 Å². The second-order valence-electron chi connectivity index (χ2n) is 4.76. The minimum atomic E-state index is -0.200. The van der Waals surface area contributed by atoms with E-state index in [9.17, 15) is 5.11 Å². The van der Waals surface area contributed by atoms with Crippen molar-refractivity contribution in [2.75, 3.05) is 13.1 Å². The Morgan fingerprint density at radius 1 is 1.59 bits per heavy atom. The van der Waals surface area contributed by atoms with Crippen LogP contribution in [0.15, 0.2) is 22.7 Å². The maximum Gasteiger partial charge on any atom is 0.0552 e. The average Bonchev–Trinajstić information content (AvgIpc) is 2.71. The third-order valence-corrected chi connectivity index (χ3v) is 4.37. The van der Waals surface area contributed by atoms with Crippen molar-refractivity contribution >= 4 is 27.5 Å². The van der Waals surface area contributed by atoms with Gasteiger partial charge in [-0.2, -0.15) is 0 Å². The van der Waals surface area contributed by atoms with E-state index >= 15 is 0 Å². The molecule has 0 amide bonds. The van der Waals surface area contributed by atoms with Crippen LogP contribution in [0.1, 0.15) is 18.9 Å². The van der Waals surface area contributed by atoms with E-state index in [0.29, 0.717) is 5.92 Å². The molecule has 2 atom stereocenters. The molecule has 1 heterocycles. The highest BCUT2D eigenvalue weighted by Crippen LogP contribution is 2.26. The van der Waals surface area contributed by atoms with E-state index in [1.807, 2.05) is 19.1 Å². The Bertz CT molecular complexity index is 397. The molecule has 1 fully saturated rings. The predicted octanol–water partition coefficient (Wildman–Crippen LogP) is 3.31. The number of hydrogen-bond acceptors (Lipinski definition) is 2. The quantitative estimate of drug-likeness (QED) is 0.924. The normalized spacial score (nSPS) is 22.9. The topological polar surface area (TPSA) is 23.5 Å². The lowest BCUT2D eigenvalue weighted by Crippen LogP contribution is -2.24. The Morgan fingerprint density at radius 2 is 2.35 bits per heavy atom. The lowest BCUT2D eigenvalue weighted by atomic mass is 10.0. The maximum absolute atomic E-state index is 9.57. The van der Waals surface area contributed by atoms with Crippen molar-refractivity contribution in [1.29, 1.82) is 0 Å². The van der Waals surface area contributed by atoms with Gasteiger partial charge in [-0.15, -0.1) is 0 Å². The van der Waals surface area contributed by atoms with E-state index in [0.717, 1.165) is 35.6 Å². The average molecular weight is 319 g/mol. The van der Waals surface area contributed by atoms with Gasteiger partial charge in [-0.25, -0.2) is 0 Å². The summed E-state index contributed by atoms with van der Waals surface area (Å²) in [6.07, 6.45) is 0.886. The van der Waals surface area contributed by atoms with Crippen molar-refractivity contribution in [2.45, 2.75) is 26.0 Å². The van der Waals surface area contributed by atoms with Crippen LogP contribution in [-0.2, 0) is 6.54 Å². The van der Waals surface area contributed by atoms with Crippen LogP contribution in [0.25, 0.3) is 0 Å². The fraction of sp³-hybridized carbons (Fsp3) is 0.538. The highest BCUT2D eigenvalue weighted by atomic mass is 79.9. The molecule has 2 nitrogen and oxygen atoms in total. The predicted molar refractivity (Wildman–Crippen MR) is 74.2 cm³/mol. The summed E-state index contributed by atoms with van der Waals surface area (Å²) in [5, 5.41) is 10.3. The van der Waals surface area contributed by atoms with Gasteiger partial charge in [0.1, 0.15) is 0 Å². The first-order chi connectivity index (χ1) is 8.06. The standard InChI is InChI=1S/C13H17BrClNO/c1-9(17)10-4-5-16(7-10)8-11-2-3-12(15)6-13(11)14/h2-3,6,9-10,17H,4-5,7-8H2,1H3. The molecule has 0 spiro atoms. The molecule has 2 rings (SSSR count). The number of nitrogens with zero attached hydrogens (tertiary/aromatic N) is 1. The largest absolute Gasteiger partial charge is 0.393 e. The lowest BCUT2D eigenvalue weighted by Gasteiger charge is -2.18. The Kier molecular flexibility index (Phi) is 4.47. The van der Waals surface area contributed by atoms with E-state index in [2.05, 4.69) is 26.9 Å². The van der Waals surface area contributed by atoms with Gasteiger partial charge in [0.25, 0.3) is 0 Å². The van der Waals surface area contributed by atoms with Crippen molar-refractivity contribution in [3.63, 3.8) is 0 Å². The highest BCUT2D eigenvalue weighted by molar-refractivity contribution is 9.10. The smallest absolute Gasteiger partial charge is 0.0552 e. The minimum absolute atomic E-state index is 0.200. The van der Waals surface area contributed by atoms with Gasteiger partial charge in [0, 0.05) is 22.6 Å². The minimum Gasteiger partial charge on any atom is -0.393 e. The second kappa shape index (κ2) is 5.70. The van der Waals surface area contributed by atoms with Gasteiger partial charge in [0.05, 0.1) is 6.10 Å². The van der Waals surface area contributed by atoms with Crippen LogP contribution >= 0.6 is 27.5 Å². The van der Waals surface area contributed by atoms with Gasteiger partial charge in [0.2, 0.25) is 0 Å². The van der Waals surface area contributed by atoms with Gasteiger partial charge in [-0.3, -0.25) is 4.90 Å². The van der Waals surface area contributed by atoms with E-state index in [1.54, 1.807) is 0 Å². The molecule has 1 aliphatic heterocycles. The molecule has 0 aliphatic carbocycles. The molecular formula is C13H17BrClNO. The Balaban J connectivity index is 1.98. The number of benzene rings is 1. The molecule has 1 aromatic carbocycles. The number of hydrogen-bond donors (Lipinski definition) is 1. The van der Waals surface area contributed by atoms with Crippen LogP contribution in [0, 0.1) is 5.92 Å². The molecule has 4 heteroatoms. The third kappa shape index (κ3) is 3.44. The molecule has 1 saturated heterocycles. The molecule has 0 bridgehead atoms. The highest BCUT2D eigenvalue weighted by Gasteiger charge is 2.26. The number of rotatable bonds is 3. The molecular weight excluding hydrogens is 302 g/mol. The summed E-state index contributed by atoms with van der Waals surface area (Å²) in [6.45, 7) is 4.84. The number of aliphatic hydroxyl groups excluding tert-OH is 1. The zero-order chi connectivity index (χ0) is 12.4. The van der Waals surface area contributed by atoms with E-state index in [1.165, 1.54) is 5.56 Å². The van der Waals surface area contributed by atoms with Crippen LogP contribution in [0.2, 0.25) is 5.02 Å². The van der Waals surface area contributed by atoms with E-state index in [4.69, 9.17) is 11.6 Å². The summed E-state index contributed by atoms with van der Waals surface area (Å²) < 4.78 is 1.06. The Labute approximate surface area is 116 Å². The molecule has 17 heavy (non-hydrogen) atoms. The maximum atomic E-state index is 9.57. The second-order valence-corrected chi connectivity index (χ2v) is 6.05. The van der Waals surface area contributed by atoms with E-state index in [-0.39, 0.29) is 6.10 Å². The molecule has 0 saturated carbocycles. The van der Waals surface area contributed by atoms with Crippen molar-refractivity contribution in [3.8, 4) is 0 Å². The summed E-state index contributed by atoms with van der Waals surface area (Å²) in [5.74, 6) is 0.418. The van der Waals surface area contributed by atoms with Gasteiger partial charge in [-0.1, -0.05) is 33.6 Å². The Hall–Kier alpha value is -0.0900. The molecule has 0 radical (unpaired) electrons. The summed E-state index contributed by atoms with van der Waals surface area (Å²) in [5.41, 5.74) is 1.25. The van der Waals surface area contributed by atoms with Crippen molar-refractivity contribution < 1.29 is 5.11 Å². The number of halogens is 2. The zero-order valence-corrected chi connectivity index (χ0v) is 12.2. The SMILES string of the molecule is CC(O)C1CCN(Cc2ccc(Cl)cc2Br)C1.